The second kappa shape index (κ2) is 9.08. The van der Waals surface area contributed by atoms with Gasteiger partial charge in [-0.15, -0.1) is 0 Å². The number of hydrogen-bond acceptors (Lipinski definition) is 7. The monoisotopic (exact) mass is 224 g/mol. The predicted octanol–water partition coefficient (Wildman–Crippen LogP) is -11.4. The zero-order chi connectivity index (χ0) is 9.89. The predicted molar refractivity (Wildman–Crippen MR) is 28.0 cm³/mol. The number of hydrogen-bond donors (Lipinski definition) is 3. The van der Waals surface area contributed by atoms with Crippen molar-refractivity contribution in [1.29, 1.82) is 0 Å². The summed E-state index contributed by atoms with van der Waals surface area (Å²) >= 11 is 0. The average Bonchev–Trinajstić information content (AvgIpc) is 2.00. The van der Waals surface area contributed by atoms with Gasteiger partial charge in [0.25, 0.3) is 0 Å². The maximum atomic E-state index is 9.82. The largest absolute Gasteiger partial charge is 1.00 e. The van der Waals surface area contributed by atoms with Crippen molar-refractivity contribution in [3.05, 3.63) is 0 Å². The van der Waals surface area contributed by atoms with Gasteiger partial charge in [-0.25, -0.2) is 0 Å². The smallest absolute Gasteiger partial charge is 0.547 e. The fraction of sp³-hybridized carbons (Fsp3) is 0.600. The Morgan fingerprint density at radius 2 is 1.07 bits per heavy atom. The van der Waals surface area contributed by atoms with Crippen LogP contribution in [0.3, 0.4) is 0 Å². The van der Waals surface area contributed by atoms with Gasteiger partial charge in [0.1, 0.15) is 18.3 Å². The number of aliphatic hydroxyl groups is 3. The number of carboxylic acids is 2. The minimum absolute atomic E-state index is 0. The first-order chi connectivity index (χ1) is 5.37. The summed E-state index contributed by atoms with van der Waals surface area (Å²) in [7, 11) is 0. The summed E-state index contributed by atoms with van der Waals surface area (Å²) in [4.78, 5) is 19.6. The fourth-order valence-corrected chi connectivity index (χ4v) is 0.452. The van der Waals surface area contributed by atoms with E-state index in [0.717, 1.165) is 0 Å². The van der Waals surface area contributed by atoms with Gasteiger partial charge in [0, 0.05) is 0 Å². The van der Waals surface area contributed by atoms with Gasteiger partial charge in [-0.05, 0) is 0 Å². The molecule has 0 aliphatic rings. The van der Waals surface area contributed by atoms with Crippen LogP contribution in [0.1, 0.15) is 0 Å². The van der Waals surface area contributed by atoms with Crippen LogP contribution in [0.5, 0.6) is 0 Å². The molecule has 14 heavy (non-hydrogen) atoms. The van der Waals surface area contributed by atoms with E-state index >= 15 is 0 Å². The molecule has 0 saturated carbocycles. The molecule has 0 spiro atoms. The third-order valence-corrected chi connectivity index (χ3v) is 1.13. The van der Waals surface area contributed by atoms with E-state index in [0.29, 0.717) is 0 Å². The molecule has 0 aromatic heterocycles. The molecule has 0 aliphatic carbocycles. The SMILES string of the molecule is O=C([O-])[C@@H](O)C(O)[C@H](O)C(=O)[O-].[Na+].[Na+]. The Morgan fingerprint density at radius 1 is 0.857 bits per heavy atom. The first kappa shape index (κ1) is 20.3. The Bertz CT molecular complexity index is 177. The molecule has 2 atom stereocenters. The quantitative estimate of drug-likeness (QED) is 0.402. The molecule has 0 fully saturated rings. The molecule has 0 amide bonds. The Labute approximate surface area is 123 Å². The van der Waals surface area contributed by atoms with Crippen LogP contribution in [0.2, 0.25) is 0 Å². The molecule has 0 rings (SSSR count). The molecule has 0 aromatic rings. The summed E-state index contributed by atoms with van der Waals surface area (Å²) < 4.78 is 0. The van der Waals surface area contributed by atoms with Crippen molar-refractivity contribution in [1.82, 2.24) is 0 Å². The standard InChI is InChI=1S/C5H8O7.2Na/c6-1(2(7)4(9)10)3(8)5(11)12;;/h1-3,6-8H,(H,9,10)(H,11,12);;/q;2*+1/p-2/t2-,3-;;/m0../s1. The van der Waals surface area contributed by atoms with Crippen molar-refractivity contribution in [2.45, 2.75) is 18.3 Å². The van der Waals surface area contributed by atoms with Gasteiger partial charge < -0.3 is 35.1 Å². The van der Waals surface area contributed by atoms with Gasteiger partial charge in [-0.3, -0.25) is 0 Å². The number of aliphatic hydroxyl groups excluding tert-OH is 3. The minimum atomic E-state index is -2.46. The second-order valence-electron chi connectivity index (χ2n) is 2.02. The van der Waals surface area contributed by atoms with Gasteiger partial charge in [0.05, 0.1) is 11.9 Å². The van der Waals surface area contributed by atoms with Crippen LogP contribution in [-0.4, -0.2) is 45.6 Å². The molecule has 0 unspecified atom stereocenters. The number of aliphatic carboxylic acids is 2. The van der Waals surface area contributed by atoms with Crippen molar-refractivity contribution in [3.63, 3.8) is 0 Å². The van der Waals surface area contributed by atoms with E-state index in [1.54, 1.807) is 0 Å². The van der Waals surface area contributed by atoms with Crippen LogP contribution in [0.4, 0.5) is 0 Å². The molecule has 9 heteroatoms. The summed E-state index contributed by atoms with van der Waals surface area (Å²) in [6, 6.07) is 0. The Balaban J connectivity index is -0.000000605. The topological polar surface area (TPSA) is 141 Å². The molecule has 0 saturated heterocycles. The van der Waals surface area contributed by atoms with E-state index in [4.69, 9.17) is 15.3 Å². The zero-order valence-corrected chi connectivity index (χ0v) is 11.7. The van der Waals surface area contributed by atoms with E-state index in [-0.39, 0.29) is 59.1 Å². The normalized spacial score (nSPS) is 13.4. The van der Waals surface area contributed by atoms with Crippen molar-refractivity contribution in [2.24, 2.45) is 0 Å². The number of carbonyl (C=O) groups is 2. The Kier molecular flexibility index (Phi) is 13.1. The second-order valence-corrected chi connectivity index (χ2v) is 2.02. The van der Waals surface area contributed by atoms with E-state index in [2.05, 4.69) is 0 Å². The van der Waals surface area contributed by atoms with Crippen LogP contribution >= 0.6 is 0 Å². The molecular weight excluding hydrogens is 218 g/mol. The van der Waals surface area contributed by atoms with Crippen molar-refractivity contribution in [3.8, 4) is 0 Å². The zero-order valence-electron chi connectivity index (χ0n) is 7.71. The van der Waals surface area contributed by atoms with Crippen LogP contribution < -0.4 is 69.3 Å². The van der Waals surface area contributed by atoms with Gasteiger partial charge in [0.2, 0.25) is 0 Å². The number of carboxylic acid groups (broad SMARTS) is 2. The van der Waals surface area contributed by atoms with Gasteiger partial charge in [-0.1, -0.05) is 0 Å². The number of carbonyl (C=O) groups excluding carboxylic acids is 2. The van der Waals surface area contributed by atoms with Crippen molar-refractivity contribution in [2.75, 3.05) is 0 Å². The van der Waals surface area contributed by atoms with Crippen LogP contribution in [-0.2, 0) is 9.59 Å². The summed E-state index contributed by atoms with van der Waals surface area (Å²) in [5.74, 6) is -4.16. The first-order valence-electron chi connectivity index (χ1n) is 2.84. The molecule has 0 heterocycles. The summed E-state index contributed by atoms with van der Waals surface area (Å²) in [6.45, 7) is 0. The fourth-order valence-electron chi connectivity index (χ4n) is 0.452. The molecular formula is C5H6Na2O7. The molecule has 0 aliphatic heterocycles. The van der Waals surface area contributed by atoms with E-state index in [9.17, 15) is 19.8 Å². The maximum absolute atomic E-state index is 9.82. The maximum Gasteiger partial charge on any atom is 1.00 e. The van der Waals surface area contributed by atoms with Crippen LogP contribution in [0.15, 0.2) is 0 Å². The third-order valence-electron chi connectivity index (χ3n) is 1.13. The molecule has 3 N–H and O–H groups in total. The molecule has 70 valence electrons. The van der Waals surface area contributed by atoms with Crippen molar-refractivity contribution >= 4 is 11.9 Å². The Hall–Kier alpha value is 0.820. The van der Waals surface area contributed by atoms with E-state index in [1.165, 1.54) is 0 Å². The van der Waals surface area contributed by atoms with Gasteiger partial charge >= 0.3 is 59.1 Å². The molecule has 0 radical (unpaired) electrons. The van der Waals surface area contributed by atoms with Crippen molar-refractivity contribution < 1.29 is 94.2 Å². The molecule has 0 bridgehead atoms. The van der Waals surface area contributed by atoms with E-state index in [1.807, 2.05) is 0 Å². The van der Waals surface area contributed by atoms with Gasteiger partial charge in [0.15, 0.2) is 0 Å². The van der Waals surface area contributed by atoms with Gasteiger partial charge in [-0.2, -0.15) is 0 Å². The average molecular weight is 224 g/mol. The summed E-state index contributed by atoms with van der Waals surface area (Å²) in [5, 5.41) is 45.1. The molecule has 0 aromatic carbocycles. The number of rotatable bonds is 4. The summed E-state index contributed by atoms with van der Waals surface area (Å²) in [5.41, 5.74) is 0. The van der Waals surface area contributed by atoms with E-state index < -0.39 is 30.3 Å². The Morgan fingerprint density at radius 3 is 1.21 bits per heavy atom. The summed E-state index contributed by atoms with van der Waals surface area (Å²) in [6.07, 6.45) is -7.28. The van der Waals surface area contributed by atoms with Crippen LogP contribution in [0, 0.1) is 0 Å². The van der Waals surface area contributed by atoms with Crippen LogP contribution in [0.25, 0.3) is 0 Å². The minimum Gasteiger partial charge on any atom is -0.547 e. The third kappa shape index (κ3) is 6.33. The first-order valence-corrected chi connectivity index (χ1v) is 2.84. The molecule has 7 nitrogen and oxygen atoms in total.